The molecule has 4 nitrogen and oxygen atoms in total. The molecule has 0 aromatic carbocycles. The lowest BCUT2D eigenvalue weighted by molar-refractivity contribution is 0.614. The lowest BCUT2D eigenvalue weighted by Gasteiger charge is -2.16. The topological polar surface area (TPSA) is 61.6 Å². The van der Waals surface area contributed by atoms with Gasteiger partial charge in [-0.3, -0.25) is 0 Å². The van der Waals surface area contributed by atoms with Gasteiger partial charge in [0.05, 0.1) is 0 Å². The highest BCUT2D eigenvalue weighted by Gasteiger charge is 2.13. The highest BCUT2D eigenvalue weighted by molar-refractivity contribution is 5.33. The van der Waals surface area contributed by atoms with Gasteiger partial charge in [-0.1, -0.05) is 25.7 Å². The molecule has 0 spiro atoms. The molecule has 0 bridgehead atoms. The third-order valence-corrected chi connectivity index (χ3v) is 3.16. The molecule has 0 amide bonds. The fourth-order valence-electron chi connectivity index (χ4n) is 2.30. The molecule has 1 aromatic heterocycles. The van der Waals surface area contributed by atoms with E-state index in [0.29, 0.717) is 17.7 Å². The van der Waals surface area contributed by atoms with Crippen LogP contribution in [-0.2, 0) is 0 Å². The lowest BCUT2D eigenvalue weighted by atomic mass is 10.1. The van der Waals surface area contributed by atoms with Crippen molar-refractivity contribution in [3.8, 4) is 6.07 Å². The summed E-state index contributed by atoms with van der Waals surface area (Å²) in [5, 5.41) is 12.2. The van der Waals surface area contributed by atoms with E-state index in [2.05, 4.69) is 21.4 Å². The number of rotatable bonds is 2. The van der Waals surface area contributed by atoms with Crippen LogP contribution in [0, 0.1) is 18.3 Å². The van der Waals surface area contributed by atoms with E-state index in [1.807, 2.05) is 6.92 Å². The molecule has 90 valence electrons. The summed E-state index contributed by atoms with van der Waals surface area (Å²) in [4.78, 5) is 8.53. The molecule has 1 aromatic rings. The van der Waals surface area contributed by atoms with Gasteiger partial charge in [0.25, 0.3) is 0 Å². The van der Waals surface area contributed by atoms with Gasteiger partial charge in [-0.05, 0) is 25.8 Å². The van der Waals surface area contributed by atoms with Crippen LogP contribution in [0.15, 0.2) is 6.07 Å². The minimum Gasteiger partial charge on any atom is -0.351 e. The molecule has 1 N–H and O–H groups in total. The van der Waals surface area contributed by atoms with E-state index >= 15 is 0 Å². The van der Waals surface area contributed by atoms with Crippen LogP contribution in [0.3, 0.4) is 0 Å². The Labute approximate surface area is 102 Å². The maximum Gasteiger partial charge on any atom is 0.224 e. The van der Waals surface area contributed by atoms with Crippen molar-refractivity contribution in [2.45, 2.75) is 51.5 Å². The van der Waals surface area contributed by atoms with Crippen LogP contribution in [-0.4, -0.2) is 16.0 Å². The first-order valence-corrected chi connectivity index (χ1v) is 6.30. The van der Waals surface area contributed by atoms with E-state index in [1.54, 1.807) is 6.07 Å². The van der Waals surface area contributed by atoms with Crippen molar-refractivity contribution < 1.29 is 0 Å². The SMILES string of the molecule is Cc1cc(C#N)nc(NC2CCCCCC2)n1. The van der Waals surface area contributed by atoms with Crippen LogP contribution in [0.2, 0.25) is 0 Å². The molecule has 1 saturated carbocycles. The van der Waals surface area contributed by atoms with E-state index in [-0.39, 0.29) is 0 Å². The van der Waals surface area contributed by atoms with Crippen LogP contribution in [0.25, 0.3) is 0 Å². The molecule has 0 atom stereocenters. The van der Waals surface area contributed by atoms with Crippen molar-refractivity contribution in [2.75, 3.05) is 5.32 Å². The van der Waals surface area contributed by atoms with Crippen molar-refractivity contribution >= 4 is 5.95 Å². The van der Waals surface area contributed by atoms with Gasteiger partial charge < -0.3 is 5.32 Å². The number of nitrogens with zero attached hydrogens (tertiary/aromatic N) is 3. The molecule has 0 aliphatic heterocycles. The van der Waals surface area contributed by atoms with E-state index in [4.69, 9.17) is 5.26 Å². The number of nitriles is 1. The second-order valence-corrected chi connectivity index (χ2v) is 4.66. The first-order chi connectivity index (χ1) is 8.28. The number of hydrogen-bond donors (Lipinski definition) is 1. The first-order valence-electron chi connectivity index (χ1n) is 6.30. The molecule has 0 saturated heterocycles. The average Bonchev–Trinajstić information content (AvgIpc) is 2.57. The zero-order valence-electron chi connectivity index (χ0n) is 10.2. The molecule has 0 unspecified atom stereocenters. The summed E-state index contributed by atoms with van der Waals surface area (Å²) >= 11 is 0. The molecule has 0 radical (unpaired) electrons. The normalized spacial score (nSPS) is 17.2. The number of aryl methyl sites for hydroxylation is 1. The van der Waals surface area contributed by atoms with Gasteiger partial charge in [-0.2, -0.15) is 5.26 Å². The molecule has 17 heavy (non-hydrogen) atoms. The second-order valence-electron chi connectivity index (χ2n) is 4.66. The van der Waals surface area contributed by atoms with E-state index in [0.717, 1.165) is 5.69 Å². The zero-order chi connectivity index (χ0) is 12.1. The molecule has 1 heterocycles. The fourth-order valence-corrected chi connectivity index (χ4v) is 2.30. The van der Waals surface area contributed by atoms with Crippen LogP contribution < -0.4 is 5.32 Å². The number of hydrogen-bond acceptors (Lipinski definition) is 4. The molecule has 4 heteroatoms. The Morgan fingerprint density at radius 3 is 2.59 bits per heavy atom. The molecule has 1 aliphatic carbocycles. The largest absolute Gasteiger partial charge is 0.351 e. The zero-order valence-corrected chi connectivity index (χ0v) is 10.2. The smallest absolute Gasteiger partial charge is 0.224 e. The van der Waals surface area contributed by atoms with Crippen LogP contribution in [0.4, 0.5) is 5.95 Å². The van der Waals surface area contributed by atoms with Gasteiger partial charge in [0.1, 0.15) is 11.8 Å². The standard InChI is InChI=1S/C13H18N4/c1-10-8-12(9-14)17-13(15-10)16-11-6-4-2-3-5-7-11/h8,11H,2-7H2,1H3,(H,15,16,17). The van der Waals surface area contributed by atoms with Gasteiger partial charge in [0, 0.05) is 11.7 Å². The maximum atomic E-state index is 8.87. The number of anilines is 1. The Bertz CT molecular complexity index is 414. The fraction of sp³-hybridized carbons (Fsp3) is 0.615. The Kier molecular flexibility index (Phi) is 3.92. The summed E-state index contributed by atoms with van der Waals surface area (Å²) in [5.74, 6) is 0.605. The Morgan fingerprint density at radius 1 is 1.24 bits per heavy atom. The lowest BCUT2D eigenvalue weighted by Crippen LogP contribution is -2.20. The van der Waals surface area contributed by atoms with Gasteiger partial charge in [0.2, 0.25) is 5.95 Å². The minimum absolute atomic E-state index is 0.439. The third kappa shape index (κ3) is 3.42. The van der Waals surface area contributed by atoms with Crippen LogP contribution in [0.1, 0.15) is 49.9 Å². The highest BCUT2D eigenvalue weighted by atomic mass is 15.1. The van der Waals surface area contributed by atoms with Gasteiger partial charge >= 0.3 is 0 Å². The highest BCUT2D eigenvalue weighted by Crippen LogP contribution is 2.19. The predicted octanol–water partition coefficient (Wildman–Crippen LogP) is 2.79. The number of nitrogens with one attached hydrogen (secondary N) is 1. The van der Waals surface area contributed by atoms with E-state index in [1.165, 1.54) is 38.5 Å². The van der Waals surface area contributed by atoms with Crippen molar-refractivity contribution in [1.82, 2.24) is 9.97 Å². The Balaban J connectivity index is 2.06. The van der Waals surface area contributed by atoms with Gasteiger partial charge in [-0.25, -0.2) is 9.97 Å². The van der Waals surface area contributed by atoms with Crippen LogP contribution in [0.5, 0.6) is 0 Å². The minimum atomic E-state index is 0.439. The number of aromatic nitrogens is 2. The van der Waals surface area contributed by atoms with Crippen molar-refractivity contribution in [1.29, 1.82) is 5.26 Å². The van der Waals surface area contributed by atoms with Crippen molar-refractivity contribution in [2.24, 2.45) is 0 Å². The molecular formula is C13H18N4. The third-order valence-electron chi connectivity index (χ3n) is 3.16. The molecule has 2 rings (SSSR count). The summed E-state index contributed by atoms with van der Waals surface area (Å²) in [7, 11) is 0. The summed E-state index contributed by atoms with van der Waals surface area (Å²) in [6.45, 7) is 1.89. The quantitative estimate of drug-likeness (QED) is 0.793. The summed E-state index contributed by atoms with van der Waals surface area (Å²) in [6.07, 6.45) is 7.56. The van der Waals surface area contributed by atoms with Crippen molar-refractivity contribution in [3.63, 3.8) is 0 Å². The van der Waals surface area contributed by atoms with Crippen LogP contribution >= 0.6 is 0 Å². The first kappa shape index (κ1) is 11.8. The molecule has 1 aliphatic rings. The van der Waals surface area contributed by atoms with Crippen molar-refractivity contribution in [3.05, 3.63) is 17.5 Å². The van der Waals surface area contributed by atoms with Gasteiger partial charge in [-0.15, -0.1) is 0 Å². The summed E-state index contributed by atoms with van der Waals surface area (Å²) in [6, 6.07) is 4.24. The van der Waals surface area contributed by atoms with E-state index in [9.17, 15) is 0 Å². The second kappa shape index (κ2) is 5.62. The molecular weight excluding hydrogens is 212 g/mol. The molecule has 1 fully saturated rings. The van der Waals surface area contributed by atoms with E-state index < -0.39 is 0 Å². The summed E-state index contributed by atoms with van der Waals surface area (Å²) in [5.41, 5.74) is 1.28. The maximum absolute atomic E-state index is 8.87. The average molecular weight is 230 g/mol. The summed E-state index contributed by atoms with van der Waals surface area (Å²) < 4.78 is 0. The Hall–Kier alpha value is -1.63. The predicted molar refractivity (Wildman–Crippen MR) is 66.6 cm³/mol. The monoisotopic (exact) mass is 230 g/mol. The van der Waals surface area contributed by atoms with Gasteiger partial charge in [0.15, 0.2) is 0 Å². The Morgan fingerprint density at radius 2 is 1.94 bits per heavy atom.